The van der Waals surface area contributed by atoms with Gasteiger partial charge in [0.25, 0.3) is 0 Å². The predicted octanol–water partition coefficient (Wildman–Crippen LogP) is -4.03. The van der Waals surface area contributed by atoms with E-state index in [4.69, 9.17) is 21.1 Å². The van der Waals surface area contributed by atoms with Gasteiger partial charge in [0.15, 0.2) is 0 Å². The average Bonchev–Trinajstić information content (AvgIpc) is 2.61. The van der Waals surface area contributed by atoms with E-state index in [1.807, 2.05) is 10.6 Å². The van der Waals surface area contributed by atoms with Crippen LogP contribution in [0.5, 0.6) is 0 Å². The van der Waals surface area contributed by atoms with Crippen molar-refractivity contribution in [2.24, 2.45) is 11.7 Å². The second-order valence-electron chi connectivity index (χ2n) is 6.26. The summed E-state index contributed by atoms with van der Waals surface area (Å²) in [6.45, 7) is 1.41. The topological polar surface area (TPSA) is 228 Å². The van der Waals surface area contributed by atoms with Crippen molar-refractivity contribution in [3.8, 4) is 0 Å². The van der Waals surface area contributed by atoms with E-state index in [-0.39, 0.29) is 0 Å². The van der Waals surface area contributed by atoms with E-state index in [2.05, 4.69) is 5.32 Å². The number of nitrogens with two attached hydrogens (primary N) is 1. The Labute approximate surface area is 160 Å². The van der Waals surface area contributed by atoms with Gasteiger partial charge in [-0.3, -0.25) is 19.2 Å². The first-order valence-electron chi connectivity index (χ1n) is 8.27. The number of hydrogen-bond acceptors (Lipinski definition) is 8. The van der Waals surface area contributed by atoms with Gasteiger partial charge in [-0.1, -0.05) is 13.8 Å². The molecule has 9 N–H and O–H groups in total. The molecule has 160 valence electrons. The molecule has 0 rings (SSSR count). The molecule has 0 heterocycles. The van der Waals surface area contributed by atoms with Crippen LogP contribution in [-0.4, -0.2) is 87.5 Å². The molecule has 0 aliphatic rings. The Morgan fingerprint density at radius 1 is 0.821 bits per heavy atom. The molecule has 4 unspecified atom stereocenters. The van der Waals surface area contributed by atoms with Gasteiger partial charge in [-0.05, 0) is 5.92 Å². The first-order chi connectivity index (χ1) is 12.9. The Morgan fingerprint density at radius 2 is 1.32 bits per heavy atom. The first kappa shape index (κ1) is 25.2. The minimum Gasteiger partial charge on any atom is -0.481 e. The molecule has 0 fully saturated rings. The van der Waals surface area contributed by atoms with Crippen LogP contribution in [0.2, 0.25) is 0 Å². The summed E-state index contributed by atoms with van der Waals surface area (Å²) in [7, 11) is 0. The molecule has 13 nitrogen and oxygen atoms in total. The van der Waals surface area contributed by atoms with Crippen LogP contribution < -0.4 is 21.7 Å². The molecule has 0 saturated heterocycles. The van der Waals surface area contributed by atoms with Crippen LogP contribution in [-0.2, 0) is 24.0 Å². The lowest BCUT2D eigenvalue weighted by Gasteiger charge is -2.24. The summed E-state index contributed by atoms with van der Waals surface area (Å²) >= 11 is 0. The summed E-state index contributed by atoms with van der Waals surface area (Å²) in [5, 5.41) is 42.3. The molecule has 13 heteroatoms. The summed E-state index contributed by atoms with van der Waals surface area (Å²) in [6, 6.07) is -5.92. The minimum atomic E-state index is -1.65. The molecule has 0 radical (unpaired) electrons. The summed E-state index contributed by atoms with van der Waals surface area (Å²) in [5.74, 6) is -6.39. The molecule has 0 aliphatic carbocycles. The van der Waals surface area contributed by atoms with Crippen molar-refractivity contribution < 1.29 is 44.4 Å². The highest BCUT2D eigenvalue weighted by atomic mass is 16.4. The molecule has 0 aromatic heterocycles. The largest absolute Gasteiger partial charge is 0.481 e. The van der Waals surface area contributed by atoms with Crippen molar-refractivity contribution in [1.82, 2.24) is 16.0 Å². The zero-order chi connectivity index (χ0) is 22.0. The van der Waals surface area contributed by atoms with E-state index in [1.54, 1.807) is 0 Å². The molecule has 0 aromatic rings. The summed E-state index contributed by atoms with van der Waals surface area (Å²) in [6.07, 6.45) is -0.862. The monoisotopic (exact) mass is 406 g/mol. The van der Waals surface area contributed by atoms with Gasteiger partial charge in [-0.25, -0.2) is 4.79 Å². The van der Waals surface area contributed by atoms with Gasteiger partial charge in [-0.15, -0.1) is 0 Å². The molecule has 28 heavy (non-hydrogen) atoms. The Hall–Kier alpha value is -2.77. The SMILES string of the molecule is CC(C)C(NC(=O)C(CO)NC(=O)C(CC(=O)O)NC(=O)C(N)CO)C(=O)O. The molecular weight excluding hydrogens is 380 g/mol. The maximum atomic E-state index is 12.3. The highest BCUT2D eigenvalue weighted by Crippen LogP contribution is 2.03. The zero-order valence-electron chi connectivity index (χ0n) is 15.4. The van der Waals surface area contributed by atoms with Crippen LogP contribution in [0.4, 0.5) is 0 Å². The molecule has 0 spiro atoms. The molecular formula is C15H26N4O9. The van der Waals surface area contributed by atoms with Crippen molar-refractivity contribution in [1.29, 1.82) is 0 Å². The number of aliphatic hydroxyl groups excluding tert-OH is 2. The maximum absolute atomic E-state index is 12.3. The van der Waals surface area contributed by atoms with Crippen molar-refractivity contribution >= 4 is 29.7 Å². The van der Waals surface area contributed by atoms with E-state index in [0.717, 1.165) is 0 Å². The number of nitrogens with one attached hydrogen (secondary N) is 3. The zero-order valence-corrected chi connectivity index (χ0v) is 15.4. The van der Waals surface area contributed by atoms with Crippen LogP contribution >= 0.6 is 0 Å². The smallest absolute Gasteiger partial charge is 0.326 e. The number of carbonyl (C=O) groups is 5. The van der Waals surface area contributed by atoms with E-state index >= 15 is 0 Å². The average molecular weight is 406 g/mol. The Bertz CT molecular complexity index is 596. The van der Waals surface area contributed by atoms with Gasteiger partial charge in [0.05, 0.1) is 19.6 Å². The second kappa shape index (κ2) is 11.8. The molecule has 0 saturated carbocycles. The van der Waals surface area contributed by atoms with Gasteiger partial charge >= 0.3 is 11.9 Å². The van der Waals surface area contributed by atoms with Crippen molar-refractivity contribution in [2.75, 3.05) is 13.2 Å². The van der Waals surface area contributed by atoms with Crippen molar-refractivity contribution in [3.05, 3.63) is 0 Å². The number of carboxylic acid groups (broad SMARTS) is 2. The third-order valence-corrected chi connectivity index (χ3v) is 3.59. The predicted molar refractivity (Wildman–Crippen MR) is 92.7 cm³/mol. The number of amides is 3. The lowest BCUT2D eigenvalue weighted by atomic mass is 10.0. The quantitative estimate of drug-likeness (QED) is 0.156. The molecule has 3 amide bonds. The summed E-state index contributed by atoms with van der Waals surface area (Å²) in [4.78, 5) is 58.1. The van der Waals surface area contributed by atoms with Crippen LogP contribution in [0.25, 0.3) is 0 Å². The fourth-order valence-corrected chi connectivity index (χ4v) is 1.98. The molecule has 0 aliphatic heterocycles. The third kappa shape index (κ3) is 8.28. The fraction of sp³-hybridized carbons (Fsp3) is 0.667. The molecule has 4 atom stereocenters. The highest BCUT2D eigenvalue weighted by Gasteiger charge is 2.31. The normalized spacial score (nSPS) is 15.1. The number of hydrogen-bond donors (Lipinski definition) is 8. The van der Waals surface area contributed by atoms with E-state index in [1.165, 1.54) is 13.8 Å². The molecule has 0 bridgehead atoms. The standard InChI is InChI=1S/C15H26N4O9/c1-6(2)11(15(27)28)19-14(26)9(5-21)18-13(25)8(3-10(22)23)17-12(24)7(16)4-20/h6-9,11,20-21H,3-5,16H2,1-2H3,(H,17,24)(H,18,25)(H,19,26)(H,22,23)(H,27,28). The number of carboxylic acids is 2. The third-order valence-electron chi connectivity index (χ3n) is 3.59. The van der Waals surface area contributed by atoms with Gasteiger partial charge in [-0.2, -0.15) is 0 Å². The van der Waals surface area contributed by atoms with Crippen molar-refractivity contribution in [3.63, 3.8) is 0 Å². The Balaban J connectivity index is 5.21. The lowest BCUT2D eigenvalue weighted by molar-refractivity contribution is -0.144. The van der Waals surface area contributed by atoms with Crippen LogP contribution in [0.15, 0.2) is 0 Å². The lowest BCUT2D eigenvalue weighted by Crippen LogP contribution is -2.59. The summed E-state index contributed by atoms with van der Waals surface area (Å²) in [5.41, 5.74) is 5.28. The Morgan fingerprint density at radius 3 is 1.71 bits per heavy atom. The minimum absolute atomic E-state index is 0.490. The van der Waals surface area contributed by atoms with E-state index < -0.39 is 79.4 Å². The Kier molecular flexibility index (Phi) is 10.7. The number of aliphatic hydroxyl groups is 2. The van der Waals surface area contributed by atoms with Crippen molar-refractivity contribution in [2.45, 2.75) is 44.4 Å². The van der Waals surface area contributed by atoms with Gasteiger partial charge in [0.2, 0.25) is 17.7 Å². The van der Waals surface area contributed by atoms with Crippen LogP contribution in [0, 0.1) is 5.92 Å². The van der Waals surface area contributed by atoms with E-state index in [9.17, 15) is 29.1 Å². The van der Waals surface area contributed by atoms with E-state index in [0.29, 0.717) is 0 Å². The van der Waals surface area contributed by atoms with Gasteiger partial charge in [0.1, 0.15) is 24.2 Å². The number of carbonyl (C=O) groups excluding carboxylic acids is 3. The number of aliphatic carboxylic acids is 2. The first-order valence-corrected chi connectivity index (χ1v) is 8.27. The fourth-order valence-electron chi connectivity index (χ4n) is 1.98. The van der Waals surface area contributed by atoms with Gasteiger partial charge in [0, 0.05) is 0 Å². The van der Waals surface area contributed by atoms with Gasteiger partial charge < -0.3 is 42.1 Å². The van der Waals surface area contributed by atoms with Crippen LogP contribution in [0.3, 0.4) is 0 Å². The maximum Gasteiger partial charge on any atom is 0.326 e. The molecule has 0 aromatic carbocycles. The summed E-state index contributed by atoms with van der Waals surface area (Å²) < 4.78 is 0. The highest BCUT2D eigenvalue weighted by molar-refractivity contribution is 5.95. The second-order valence-corrected chi connectivity index (χ2v) is 6.26. The van der Waals surface area contributed by atoms with Crippen LogP contribution in [0.1, 0.15) is 20.3 Å². The number of rotatable bonds is 12.